The number of rotatable bonds is 5. The van der Waals surface area contributed by atoms with E-state index in [1.807, 2.05) is 13.8 Å². The SMILES string of the molecule is COC(C(C)C)C(NN)c1cccc(C(F)(F)F)c1. The predicted octanol–water partition coefficient (Wildman–Crippen LogP) is 2.88. The van der Waals surface area contributed by atoms with E-state index in [0.29, 0.717) is 5.56 Å². The zero-order valence-electron chi connectivity index (χ0n) is 11.2. The molecule has 0 bridgehead atoms. The largest absolute Gasteiger partial charge is 0.416 e. The van der Waals surface area contributed by atoms with Gasteiger partial charge in [-0.25, -0.2) is 0 Å². The molecule has 1 aromatic rings. The van der Waals surface area contributed by atoms with E-state index in [9.17, 15) is 13.2 Å². The predicted molar refractivity (Wildman–Crippen MR) is 67.1 cm³/mol. The van der Waals surface area contributed by atoms with Crippen molar-refractivity contribution in [3.63, 3.8) is 0 Å². The van der Waals surface area contributed by atoms with Gasteiger partial charge in [0.05, 0.1) is 17.7 Å². The van der Waals surface area contributed by atoms with Crippen LogP contribution in [0.3, 0.4) is 0 Å². The Bertz CT molecular complexity index is 407. The molecular weight excluding hydrogens is 257 g/mol. The molecule has 0 fully saturated rings. The molecule has 0 aliphatic heterocycles. The van der Waals surface area contributed by atoms with E-state index in [-0.39, 0.29) is 12.0 Å². The highest BCUT2D eigenvalue weighted by Crippen LogP contribution is 2.32. The van der Waals surface area contributed by atoms with Crippen molar-refractivity contribution in [2.75, 3.05) is 7.11 Å². The van der Waals surface area contributed by atoms with E-state index in [1.165, 1.54) is 13.2 Å². The van der Waals surface area contributed by atoms with Crippen LogP contribution in [0, 0.1) is 5.92 Å². The van der Waals surface area contributed by atoms with Crippen molar-refractivity contribution in [1.82, 2.24) is 5.43 Å². The monoisotopic (exact) mass is 276 g/mol. The minimum absolute atomic E-state index is 0.112. The molecule has 0 heterocycles. The maximum absolute atomic E-state index is 12.7. The Morgan fingerprint density at radius 1 is 1.26 bits per heavy atom. The molecule has 0 aromatic heterocycles. The summed E-state index contributed by atoms with van der Waals surface area (Å²) in [6, 6.07) is 4.61. The summed E-state index contributed by atoms with van der Waals surface area (Å²) in [7, 11) is 1.52. The third-order valence-corrected chi connectivity index (χ3v) is 3.01. The molecule has 1 aromatic carbocycles. The first kappa shape index (κ1) is 15.9. The molecular formula is C13H19F3N2O. The van der Waals surface area contributed by atoms with Crippen LogP contribution in [-0.2, 0) is 10.9 Å². The summed E-state index contributed by atoms with van der Waals surface area (Å²) < 4.78 is 43.4. The van der Waals surface area contributed by atoms with Crippen LogP contribution in [0.25, 0.3) is 0 Å². The lowest BCUT2D eigenvalue weighted by atomic mass is 9.93. The molecule has 2 atom stereocenters. The van der Waals surface area contributed by atoms with E-state index in [1.54, 1.807) is 6.07 Å². The lowest BCUT2D eigenvalue weighted by Crippen LogP contribution is -2.40. The van der Waals surface area contributed by atoms with Crippen molar-refractivity contribution < 1.29 is 17.9 Å². The molecule has 0 amide bonds. The number of nitrogens with two attached hydrogens (primary N) is 1. The Morgan fingerprint density at radius 2 is 1.89 bits per heavy atom. The quantitative estimate of drug-likeness (QED) is 0.642. The van der Waals surface area contributed by atoms with E-state index < -0.39 is 17.8 Å². The van der Waals surface area contributed by atoms with Gasteiger partial charge in [0.1, 0.15) is 0 Å². The fourth-order valence-corrected chi connectivity index (χ4v) is 2.08. The van der Waals surface area contributed by atoms with E-state index in [4.69, 9.17) is 10.6 Å². The average Bonchev–Trinajstić information content (AvgIpc) is 2.34. The maximum Gasteiger partial charge on any atom is 0.416 e. The van der Waals surface area contributed by atoms with Crippen LogP contribution in [0.2, 0.25) is 0 Å². The van der Waals surface area contributed by atoms with Crippen LogP contribution >= 0.6 is 0 Å². The van der Waals surface area contributed by atoms with Crippen LogP contribution in [0.5, 0.6) is 0 Å². The zero-order valence-corrected chi connectivity index (χ0v) is 11.2. The fraction of sp³-hybridized carbons (Fsp3) is 0.538. The molecule has 0 aliphatic rings. The second-order valence-corrected chi connectivity index (χ2v) is 4.71. The van der Waals surface area contributed by atoms with Crippen LogP contribution in [-0.4, -0.2) is 13.2 Å². The standard InChI is InChI=1S/C13H19F3N2O/c1-8(2)12(19-3)11(18-17)9-5-4-6-10(7-9)13(14,15)16/h4-8,11-12,18H,17H2,1-3H3. The number of hydrogen-bond donors (Lipinski definition) is 2. The molecule has 19 heavy (non-hydrogen) atoms. The van der Waals surface area contributed by atoms with Gasteiger partial charge in [-0.1, -0.05) is 26.0 Å². The lowest BCUT2D eigenvalue weighted by Gasteiger charge is -2.29. The van der Waals surface area contributed by atoms with Gasteiger partial charge < -0.3 is 4.74 Å². The Labute approximate surface area is 110 Å². The minimum Gasteiger partial charge on any atom is -0.379 e. The van der Waals surface area contributed by atoms with E-state index in [2.05, 4.69) is 5.43 Å². The average molecular weight is 276 g/mol. The summed E-state index contributed by atoms with van der Waals surface area (Å²) in [5.74, 6) is 5.58. The first-order chi connectivity index (χ1) is 8.81. The van der Waals surface area contributed by atoms with Gasteiger partial charge in [0.2, 0.25) is 0 Å². The van der Waals surface area contributed by atoms with Gasteiger partial charge in [-0.2, -0.15) is 13.2 Å². The van der Waals surface area contributed by atoms with Crippen molar-refractivity contribution in [2.24, 2.45) is 11.8 Å². The fourth-order valence-electron chi connectivity index (χ4n) is 2.08. The highest BCUT2D eigenvalue weighted by atomic mass is 19.4. The number of alkyl halides is 3. The third kappa shape index (κ3) is 3.92. The summed E-state index contributed by atoms with van der Waals surface area (Å²) in [5, 5.41) is 0. The van der Waals surface area contributed by atoms with Gasteiger partial charge in [0.15, 0.2) is 0 Å². The maximum atomic E-state index is 12.7. The number of hydrazine groups is 1. The smallest absolute Gasteiger partial charge is 0.379 e. The van der Waals surface area contributed by atoms with Crippen molar-refractivity contribution in [2.45, 2.75) is 32.2 Å². The van der Waals surface area contributed by atoms with Gasteiger partial charge in [-0.05, 0) is 23.6 Å². The number of benzene rings is 1. The summed E-state index contributed by atoms with van der Waals surface area (Å²) in [4.78, 5) is 0. The Hall–Kier alpha value is -1.11. The first-order valence-electron chi connectivity index (χ1n) is 5.97. The lowest BCUT2D eigenvalue weighted by molar-refractivity contribution is -0.137. The molecule has 3 nitrogen and oxygen atoms in total. The molecule has 0 saturated heterocycles. The molecule has 1 rings (SSSR count). The van der Waals surface area contributed by atoms with Gasteiger partial charge in [-0.15, -0.1) is 0 Å². The van der Waals surface area contributed by atoms with Gasteiger partial charge in [0.25, 0.3) is 0 Å². The number of methoxy groups -OCH3 is 1. The molecule has 0 spiro atoms. The molecule has 2 unspecified atom stereocenters. The van der Waals surface area contributed by atoms with Gasteiger partial charge >= 0.3 is 6.18 Å². The molecule has 6 heteroatoms. The molecule has 0 radical (unpaired) electrons. The Kier molecular flexibility index (Phi) is 5.34. The van der Waals surface area contributed by atoms with Gasteiger partial charge in [0, 0.05) is 7.11 Å². The second-order valence-electron chi connectivity index (χ2n) is 4.71. The minimum atomic E-state index is -4.37. The van der Waals surface area contributed by atoms with Crippen molar-refractivity contribution >= 4 is 0 Å². The highest BCUT2D eigenvalue weighted by Gasteiger charge is 2.32. The van der Waals surface area contributed by atoms with Crippen LogP contribution in [0.4, 0.5) is 13.2 Å². The molecule has 108 valence electrons. The first-order valence-corrected chi connectivity index (χ1v) is 5.97. The number of halogens is 3. The van der Waals surface area contributed by atoms with Crippen LogP contribution < -0.4 is 11.3 Å². The zero-order chi connectivity index (χ0) is 14.6. The van der Waals surface area contributed by atoms with Gasteiger partial charge in [-0.3, -0.25) is 11.3 Å². The van der Waals surface area contributed by atoms with Crippen molar-refractivity contribution in [1.29, 1.82) is 0 Å². The summed E-state index contributed by atoms with van der Waals surface area (Å²) in [6.45, 7) is 3.85. The topological polar surface area (TPSA) is 47.3 Å². The number of ether oxygens (including phenoxy) is 1. The van der Waals surface area contributed by atoms with Crippen LogP contribution in [0.1, 0.15) is 31.0 Å². The molecule has 3 N–H and O–H groups in total. The number of nitrogens with one attached hydrogen (secondary N) is 1. The van der Waals surface area contributed by atoms with Crippen LogP contribution in [0.15, 0.2) is 24.3 Å². The van der Waals surface area contributed by atoms with Crippen molar-refractivity contribution in [3.05, 3.63) is 35.4 Å². The van der Waals surface area contributed by atoms with Crippen molar-refractivity contribution in [3.8, 4) is 0 Å². The van der Waals surface area contributed by atoms with E-state index in [0.717, 1.165) is 12.1 Å². The highest BCUT2D eigenvalue weighted by molar-refractivity contribution is 5.28. The molecule has 0 aliphatic carbocycles. The second kappa shape index (κ2) is 6.36. The van der Waals surface area contributed by atoms with E-state index >= 15 is 0 Å². The summed E-state index contributed by atoms with van der Waals surface area (Å²) >= 11 is 0. The number of hydrogen-bond acceptors (Lipinski definition) is 3. The normalized spacial score (nSPS) is 15.6. The summed E-state index contributed by atoms with van der Waals surface area (Å²) in [6.07, 6.45) is -4.68. The molecule has 0 saturated carbocycles. The Morgan fingerprint density at radius 3 is 2.32 bits per heavy atom. The third-order valence-electron chi connectivity index (χ3n) is 3.01. The Balaban J connectivity index is 3.12. The summed E-state index contributed by atoms with van der Waals surface area (Å²) in [5.41, 5.74) is 2.30.